The van der Waals surface area contributed by atoms with Crippen molar-refractivity contribution in [1.82, 2.24) is 5.32 Å². The number of nitrogens with two attached hydrogens (primary N) is 1. The number of alkyl halides is 1. The largest absolute Gasteiger partial charge is 0.351 e. The SMILES string of the molecule is Cc1c(NC(=O)C(C)Br)cccc1C(=O)NC(N)=O. The van der Waals surface area contributed by atoms with Crippen molar-refractivity contribution >= 4 is 39.5 Å². The van der Waals surface area contributed by atoms with Crippen LogP contribution in [0.5, 0.6) is 0 Å². The standard InChI is InChI=1S/C12H14BrN3O3/c1-6-8(11(18)16-12(14)19)4-3-5-9(6)15-10(17)7(2)13/h3-5,7H,1-2H3,(H,15,17)(H3,14,16,18,19). The van der Waals surface area contributed by atoms with E-state index in [4.69, 9.17) is 5.73 Å². The molecule has 0 aliphatic heterocycles. The Bertz CT molecular complexity index is 529. The molecular weight excluding hydrogens is 314 g/mol. The van der Waals surface area contributed by atoms with Gasteiger partial charge in [0.2, 0.25) is 5.91 Å². The highest BCUT2D eigenvalue weighted by Crippen LogP contribution is 2.19. The van der Waals surface area contributed by atoms with E-state index < -0.39 is 11.9 Å². The third-order valence-electron chi connectivity index (χ3n) is 2.43. The second-order valence-electron chi connectivity index (χ2n) is 3.90. The van der Waals surface area contributed by atoms with Crippen LogP contribution in [-0.2, 0) is 4.79 Å². The highest BCUT2D eigenvalue weighted by molar-refractivity contribution is 9.10. The molecule has 6 nitrogen and oxygen atoms in total. The molecule has 19 heavy (non-hydrogen) atoms. The van der Waals surface area contributed by atoms with Crippen LogP contribution in [0.1, 0.15) is 22.8 Å². The number of hydrogen-bond acceptors (Lipinski definition) is 3. The van der Waals surface area contributed by atoms with Gasteiger partial charge in [-0.2, -0.15) is 0 Å². The minimum absolute atomic E-state index is 0.226. The highest BCUT2D eigenvalue weighted by Gasteiger charge is 2.15. The zero-order chi connectivity index (χ0) is 14.6. The number of imide groups is 1. The molecule has 1 rings (SSSR count). The first-order chi connectivity index (χ1) is 8.82. The Morgan fingerprint density at radius 3 is 2.47 bits per heavy atom. The minimum Gasteiger partial charge on any atom is -0.351 e. The van der Waals surface area contributed by atoms with Crippen molar-refractivity contribution < 1.29 is 14.4 Å². The van der Waals surface area contributed by atoms with Gasteiger partial charge in [-0.15, -0.1) is 0 Å². The molecule has 0 saturated heterocycles. The molecule has 0 fully saturated rings. The molecule has 1 unspecified atom stereocenters. The van der Waals surface area contributed by atoms with Gasteiger partial charge in [0.1, 0.15) is 0 Å². The maximum Gasteiger partial charge on any atom is 0.319 e. The highest BCUT2D eigenvalue weighted by atomic mass is 79.9. The minimum atomic E-state index is -0.923. The van der Waals surface area contributed by atoms with Crippen LogP contribution in [0.25, 0.3) is 0 Å². The molecule has 102 valence electrons. The van der Waals surface area contributed by atoms with E-state index >= 15 is 0 Å². The number of hydrogen-bond donors (Lipinski definition) is 3. The van der Waals surface area contributed by atoms with E-state index in [2.05, 4.69) is 21.2 Å². The van der Waals surface area contributed by atoms with E-state index in [-0.39, 0.29) is 16.3 Å². The molecule has 7 heteroatoms. The molecule has 0 saturated carbocycles. The predicted octanol–water partition coefficient (Wildman–Crippen LogP) is 1.53. The smallest absolute Gasteiger partial charge is 0.319 e. The number of benzene rings is 1. The summed E-state index contributed by atoms with van der Waals surface area (Å²) in [6.07, 6.45) is 0. The number of halogens is 1. The van der Waals surface area contributed by atoms with Gasteiger partial charge in [-0.05, 0) is 31.5 Å². The second kappa shape index (κ2) is 6.33. The van der Waals surface area contributed by atoms with E-state index in [1.165, 1.54) is 0 Å². The molecule has 0 aromatic heterocycles. The Kier molecular flexibility index (Phi) is 5.05. The molecule has 0 bridgehead atoms. The summed E-state index contributed by atoms with van der Waals surface area (Å²) in [4.78, 5) is 33.6. The topological polar surface area (TPSA) is 101 Å². The molecule has 4 amide bonds. The van der Waals surface area contributed by atoms with Crippen LogP contribution in [0.4, 0.5) is 10.5 Å². The Morgan fingerprint density at radius 2 is 1.95 bits per heavy atom. The van der Waals surface area contributed by atoms with E-state index in [1.54, 1.807) is 32.0 Å². The summed E-state index contributed by atoms with van der Waals surface area (Å²) in [6.45, 7) is 3.36. The molecule has 0 radical (unpaired) electrons. The summed E-state index contributed by atoms with van der Waals surface area (Å²) in [6, 6.07) is 3.90. The van der Waals surface area contributed by atoms with Crippen LogP contribution in [0.15, 0.2) is 18.2 Å². The van der Waals surface area contributed by atoms with Crippen molar-refractivity contribution in [2.45, 2.75) is 18.7 Å². The van der Waals surface area contributed by atoms with Gasteiger partial charge in [0.25, 0.3) is 5.91 Å². The van der Waals surface area contributed by atoms with Crippen molar-refractivity contribution in [2.24, 2.45) is 5.73 Å². The number of amides is 4. The molecular formula is C12H14BrN3O3. The summed E-state index contributed by atoms with van der Waals surface area (Å²) >= 11 is 3.15. The number of urea groups is 1. The molecule has 0 aliphatic rings. The lowest BCUT2D eigenvalue weighted by atomic mass is 10.1. The zero-order valence-corrected chi connectivity index (χ0v) is 12.1. The van der Waals surface area contributed by atoms with Crippen LogP contribution in [-0.4, -0.2) is 22.7 Å². The fourth-order valence-corrected chi connectivity index (χ4v) is 1.54. The van der Waals surface area contributed by atoms with Crippen LogP contribution in [0.2, 0.25) is 0 Å². The van der Waals surface area contributed by atoms with Gasteiger partial charge in [0.05, 0.1) is 4.83 Å². The monoisotopic (exact) mass is 327 g/mol. The fraction of sp³-hybridized carbons (Fsp3) is 0.250. The summed E-state index contributed by atoms with van der Waals surface area (Å²) < 4.78 is 0. The molecule has 0 aliphatic carbocycles. The van der Waals surface area contributed by atoms with Gasteiger partial charge in [-0.25, -0.2) is 4.79 Å². The van der Waals surface area contributed by atoms with Gasteiger partial charge < -0.3 is 11.1 Å². The molecule has 4 N–H and O–H groups in total. The lowest BCUT2D eigenvalue weighted by Gasteiger charge is -2.12. The maximum absolute atomic E-state index is 11.7. The van der Waals surface area contributed by atoms with Crippen LogP contribution >= 0.6 is 15.9 Å². The number of rotatable bonds is 3. The maximum atomic E-state index is 11.7. The first kappa shape index (κ1) is 15.2. The summed E-state index contributed by atoms with van der Waals surface area (Å²) in [5.41, 5.74) is 6.24. The Hall–Kier alpha value is -1.89. The Morgan fingerprint density at radius 1 is 1.32 bits per heavy atom. The first-order valence-electron chi connectivity index (χ1n) is 5.48. The molecule has 0 spiro atoms. The van der Waals surface area contributed by atoms with Gasteiger partial charge >= 0.3 is 6.03 Å². The number of carbonyl (C=O) groups is 3. The van der Waals surface area contributed by atoms with E-state index in [1.807, 2.05) is 5.32 Å². The van der Waals surface area contributed by atoms with Gasteiger partial charge in [-0.1, -0.05) is 22.0 Å². The summed E-state index contributed by atoms with van der Waals surface area (Å²) in [5, 5.41) is 4.66. The lowest BCUT2D eigenvalue weighted by molar-refractivity contribution is -0.115. The van der Waals surface area contributed by atoms with Gasteiger partial charge in [0.15, 0.2) is 0 Å². The first-order valence-corrected chi connectivity index (χ1v) is 6.39. The molecule has 1 aromatic rings. The quantitative estimate of drug-likeness (QED) is 0.733. The number of primary amides is 1. The molecule has 0 heterocycles. The van der Waals surface area contributed by atoms with Crippen molar-refractivity contribution in [2.75, 3.05) is 5.32 Å². The predicted molar refractivity (Wildman–Crippen MR) is 75.2 cm³/mol. The lowest BCUT2D eigenvalue weighted by Crippen LogP contribution is -2.35. The average molecular weight is 328 g/mol. The average Bonchev–Trinajstić information content (AvgIpc) is 2.30. The summed E-state index contributed by atoms with van der Waals surface area (Å²) in [7, 11) is 0. The van der Waals surface area contributed by atoms with E-state index in [9.17, 15) is 14.4 Å². The third-order valence-corrected chi connectivity index (χ3v) is 2.85. The van der Waals surface area contributed by atoms with E-state index in [0.717, 1.165) is 0 Å². The fourth-order valence-electron chi connectivity index (χ4n) is 1.43. The second-order valence-corrected chi connectivity index (χ2v) is 5.28. The van der Waals surface area contributed by atoms with Crippen molar-refractivity contribution in [3.05, 3.63) is 29.3 Å². The van der Waals surface area contributed by atoms with E-state index in [0.29, 0.717) is 11.3 Å². The number of nitrogens with one attached hydrogen (secondary N) is 2. The summed E-state index contributed by atoms with van der Waals surface area (Å²) in [5.74, 6) is -0.830. The molecule has 1 atom stereocenters. The Balaban J connectivity index is 3.01. The molecule has 1 aromatic carbocycles. The number of carbonyl (C=O) groups excluding carboxylic acids is 3. The van der Waals surface area contributed by atoms with Crippen LogP contribution in [0.3, 0.4) is 0 Å². The van der Waals surface area contributed by atoms with Gasteiger partial charge in [-0.3, -0.25) is 14.9 Å². The van der Waals surface area contributed by atoms with Crippen molar-refractivity contribution in [1.29, 1.82) is 0 Å². The number of anilines is 1. The normalized spacial score (nSPS) is 11.5. The Labute approximate surface area is 118 Å². The van der Waals surface area contributed by atoms with Crippen LogP contribution < -0.4 is 16.4 Å². The van der Waals surface area contributed by atoms with Gasteiger partial charge in [0, 0.05) is 11.3 Å². The van der Waals surface area contributed by atoms with Crippen molar-refractivity contribution in [3.63, 3.8) is 0 Å². The van der Waals surface area contributed by atoms with Crippen LogP contribution in [0, 0.1) is 6.92 Å². The third kappa shape index (κ3) is 4.06. The van der Waals surface area contributed by atoms with Crippen molar-refractivity contribution in [3.8, 4) is 0 Å². The zero-order valence-electron chi connectivity index (χ0n) is 10.5.